The molecule has 0 saturated carbocycles. The van der Waals surface area contributed by atoms with E-state index in [9.17, 15) is 0 Å². The Hall–Kier alpha value is -2.45. The van der Waals surface area contributed by atoms with Crippen molar-refractivity contribution in [3.05, 3.63) is 95.1 Å². The van der Waals surface area contributed by atoms with Crippen molar-refractivity contribution < 1.29 is 0 Å². The Balaban J connectivity index is 1.54. The molecule has 1 unspecified atom stereocenters. The first-order valence-corrected chi connectivity index (χ1v) is 12.3. The molecule has 1 heterocycles. The topological polar surface area (TPSA) is 3.24 Å². The molecule has 0 spiro atoms. The summed E-state index contributed by atoms with van der Waals surface area (Å²) in [7, 11) is 0. The van der Waals surface area contributed by atoms with Crippen LogP contribution in [0.5, 0.6) is 0 Å². The standard InChI is InChI=1S/C28H27NS/c1-2-7-20(8-3-1)17-22-18-21-9-4-5-10-23(21)26-14-13-24-25(28(22)26)11-6-12-27(24)29-15-16-30-19-29/h1-3,5-8,10-14,22H,4,9,15-19H2. The molecule has 1 aliphatic heterocycles. The molecule has 0 radical (unpaired) electrons. The molecular formula is C28H27NS. The van der Waals surface area contributed by atoms with Crippen LogP contribution in [0.25, 0.3) is 16.3 Å². The zero-order valence-corrected chi connectivity index (χ0v) is 18.1. The van der Waals surface area contributed by atoms with E-state index in [2.05, 4.69) is 77.7 Å². The number of thioether (sulfide) groups is 1. The highest BCUT2D eigenvalue weighted by atomic mass is 32.2. The molecule has 3 aliphatic rings. The summed E-state index contributed by atoms with van der Waals surface area (Å²) in [4.78, 5) is 2.56. The molecule has 3 aromatic rings. The third kappa shape index (κ3) is 3.09. The Kier molecular flexibility index (Phi) is 4.68. The lowest BCUT2D eigenvalue weighted by Crippen LogP contribution is -2.19. The first kappa shape index (κ1) is 18.3. The van der Waals surface area contributed by atoms with Crippen LogP contribution in [-0.4, -0.2) is 18.2 Å². The van der Waals surface area contributed by atoms with Crippen LogP contribution >= 0.6 is 11.8 Å². The summed E-state index contributed by atoms with van der Waals surface area (Å²) in [6.45, 7) is 1.16. The maximum Gasteiger partial charge on any atom is 0.0640 e. The molecule has 1 saturated heterocycles. The lowest BCUT2D eigenvalue weighted by Gasteiger charge is -2.33. The molecule has 2 heteroatoms. The highest BCUT2D eigenvalue weighted by Gasteiger charge is 2.29. The first-order valence-electron chi connectivity index (χ1n) is 11.2. The van der Waals surface area contributed by atoms with Gasteiger partial charge in [-0.1, -0.05) is 72.3 Å². The maximum atomic E-state index is 2.56. The molecule has 0 N–H and O–H groups in total. The highest BCUT2D eigenvalue weighted by molar-refractivity contribution is 7.99. The first-order chi connectivity index (χ1) is 14.9. The van der Waals surface area contributed by atoms with Crippen molar-refractivity contribution in [3.63, 3.8) is 0 Å². The van der Waals surface area contributed by atoms with Crippen LogP contribution in [0.3, 0.4) is 0 Å². The van der Waals surface area contributed by atoms with E-state index in [0.717, 1.165) is 18.8 Å². The van der Waals surface area contributed by atoms with Gasteiger partial charge in [-0.25, -0.2) is 0 Å². The fourth-order valence-electron chi connectivity index (χ4n) is 5.59. The molecule has 1 fully saturated rings. The molecule has 30 heavy (non-hydrogen) atoms. The van der Waals surface area contributed by atoms with E-state index >= 15 is 0 Å². The van der Waals surface area contributed by atoms with Crippen LogP contribution in [-0.2, 0) is 6.42 Å². The van der Waals surface area contributed by atoms with E-state index in [1.165, 1.54) is 58.2 Å². The lowest BCUT2D eigenvalue weighted by atomic mass is 9.72. The molecule has 1 nitrogen and oxygen atoms in total. The zero-order valence-electron chi connectivity index (χ0n) is 17.3. The Bertz CT molecular complexity index is 1150. The number of hydrogen-bond acceptors (Lipinski definition) is 2. The van der Waals surface area contributed by atoms with Crippen molar-refractivity contribution in [2.45, 2.75) is 31.6 Å². The lowest BCUT2D eigenvalue weighted by molar-refractivity contribution is 0.650. The predicted molar refractivity (Wildman–Crippen MR) is 131 cm³/mol. The number of rotatable bonds is 3. The Morgan fingerprint density at radius 2 is 1.87 bits per heavy atom. The molecule has 6 rings (SSSR count). The molecular weight excluding hydrogens is 382 g/mol. The minimum atomic E-state index is 0.555. The van der Waals surface area contributed by atoms with Gasteiger partial charge in [0.2, 0.25) is 0 Å². The largest absolute Gasteiger partial charge is 0.361 e. The molecule has 150 valence electrons. The van der Waals surface area contributed by atoms with Crippen molar-refractivity contribution in [3.8, 4) is 0 Å². The van der Waals surface area contributed by atoms with Gasteiger partial charge in [-0.2, -0.15) is 0 Å². The number of benzene rings is 3. The third-order valence-corrected chi connectivity index (χ3v) is 7.93. The summed E-state index contributed by atoms with van der Waals surface area (Å²) in [5, 5.41) is 2.90. The Morgan fingerprint density at radius 3 is 2.73 bits per heavy atom. The maximum absolute atomic E-state index is 2.56. The number of hydrogen-bond donors (Lipinski definition) is 0. The summed E-state index contributed by atoms with van der Waals surface area (Å²) in [5.74, 6) is 2.90. The Labute approximate surface area is 183 Å². The van der Waals surface area contributed by atoms with E-state index in [0.29, 0.717) is 5.92 Å². The molecule has 2 aliphatic carbocycles. The van der Waals surface area contributed by atoms with Gasteiger partial charge in [0.25, 0.3) is 0 Å². The van der Waals surface area contributed by atoms with E-state index in [4.69, 9.17) is 0 Å². The van der Waals surface area contributed by atoms with Crippen molar-refractivity contribution in [1.29, 1.82) is 0 Å². The molecule has 0 aromatic heterocycles. The Morgan fingerprint density at radius 1 is 0.933 bits per heavy atom. The van der Waals surface area contributed by atoms with Gasteiger partial charge >= 0.3 is 0 Å². The number of allylic oxidation sites excluding steroid dienone is 4. The van der Waals surface area contributed by atoms with E-state index < -0.39 is 0 Å². The minimum absolute atomic E-state index is 0.555. The molecule has 0 bridgehead atoms. The van der Waals surface area contributed by atoms with Crippen LogP contribution in [0.15, 0.2) is 78.4 Å². The smallest absolute Gasteiger partial charge is 0.0640 e. The second-order valence-corrected chi connectivity index (χ2v) is 9.82. The van der Waals surface area contributed by atoms with Crippen molar-refractivity contribution in [2.75, 3.05) is 23.1 Å². The minimum Gasteiger partial charge on any atom is -0.361 e. The quantitative estimate of drug-likeness (QED) is 0.450. The normalized spacial score (nSPS) is 20.5. The summed E-state index contributed by atoms with van der Waals surface area (Å²) >= 11 is 2.04. The van der Waals surface area contributed by atoms with Gasteiger partial charge in [0, 0.05) is 23.4 Å². The van der Waals surface area contributed by atoms with Gasteiger partial charge in [-0.05, 0) is 65.3 Å². The van der Waals surface area contributed by atoms with E-state index in [-0.39, 0.29) is 0 Å². The fourth-order valence-corrected chi connectivity index (χ4v) is 6.56. The summed E-state index contributed by atoms with van der Waals surface area (Å²) in [6, 6.07) is 22.9. The van der Waals surface area contributed by atoms with Gasteiger partial charge in [-0.15, -0.1) is 11.8 Å². The van der Waals surface area contributed by atoms with Crippen molar-refractivity contribution in [2.24, 2.45) is 0 Å². The second kappa shape index (κ2) is 7.67. The number of fused-ring (bicyclic) bond motifs is 4. The number of nitrogens with zero attached hydrogens (tertiary/aromatic N) is 1. The second-order valence-electron chi connectivity index (χ2n) is 8.75. The number of anilines is 1. The highest BCUT2D eigenvalue weighted by Crippen LogP contribution is 2.47. The molecule has 1 atom stereocenters. The van der Waals surface area contributed by atoms with Crippen LogP contribution in [0.4, 0.5) is 5.69 Å². The van der Waals surface area contributed by atoms with Crippen molar-refractivity contribution in [1.82, 2.24) is 0 Å². The van der Waals surface area contributed by atoms with Crippen molar-refractivity contribution >= 4 is 33.8 Å². The molecule has 0 amide bonds. The van der Waals surface area contributed by atoms with Crippen LogP contribution in [0.2, 0.25) is 0 Å². The predicted octanol–water partition coefficient (Wildman–Crippen LogP) is 7.18. The zero-order chi connectivity index (χ0) is 19.9. The SMILES string of the molecule is C1=CC2=C(CC1)CC(Cc1ccccc1)c1c2ccc2c(N3CCSC3)cccc12. The average Bonchev–Trinajstić information content (AvgIpc) is 3.34. The third-order valence-electron chi connectivity index (χ3n) is 6.97. The van der Waals surface area contributed by atoms with E-state index in [1.807, 2.05) is 11.8 Å². The van der Waals surface area contributed by atoms with Gasteiger partial charge < -0.3 is 4.90 Å². The van der Waals surface area contributed by atoms with Crippen LogP contribution in [0, 0.1) is 0 Å². The van der Waals surface area contributed by atoms with Gasteiger partial charge in [-0.3, -0.25) is 0 Å². The van der Waals surface area contributed by atoms with Gasteiger partial charge in [0.1, 0.15) is 0 Å². The fraction of sp³-hybridized carbons (Fsp3) is 0.286. The van der Waals surface area contributed by atoms with Crippen LogP contribution < -0.4 is 4.90 Å². The summed E-state index contributed by atoms with van der Waals surface area (Å²) < 4.78 is 0. The average molecular weight is 410 g/mol. The van der Waals surface area contributed by atoms with Crippen LogP contribution in [0.1, 0.15) is 41.9 Å². The molecule has 3 aromatic carbocycles. The monoisotopic (exact) mass is 409 g/mol. The summed E-state index contributed by atoms with van der Waals surface area (Å²) in [5.41, 5.74) is 9.09. The van der Waals surface area contributed by atoms with Gasteiger partial charge in [0.05, 0.1) is 5.88 Å². The van der Waals surface area contributed by atoms with Gasteiger partial charge in [0.15, 0.2) is 0 Å². The summed E-state index contributed by atoms with van der Waals surface area (Å²) in [6.07, 6.45) is 9.49. The van der Waals surface area contributed by atoms with E-state index in [1.54, 1.807) is 11.1 Å².